The number of hydrogen-bond donors (Lipinski definition) is 0. The largest absolute Gasteiger partial charge is 0.493 e. The number of ether oxygens (including phenoxy) is 1. The zero-order valence-corrected chi connectivity index (χ0v) is 15.6. The molecule has 0 spiro atoms. The lowest BCUT2D eigenvalue weighted by molar-refractivity contribution is 0.160. The van der Waals surface area contributed by atoms with E-state index in [4.69, 9.17) is 21.2 Å². The summed E-state index contributed by atoms with van der Waals surface area (Å²) in [5.41, 5.74) is 0.982. The van der Waals surface area contributed by atoms with E-state index in [0.717, 1.165) is 43.1 Å². The van der Waals surface area contributed by atoms with Crippen molar-refractivity contribution in [2.24, 2.45) is 11.1 Å². The molecule has 2 heterocycles. The van der Waals surface area contributed by atoms with Crippen LogP contribution in [0.2, 0.25) is 5.15 Å². The van der Waals surface area contributed by atoms with Crippen molar-refractivity contribution in [3.05, 3.63) is 47.1 Å². The third kappa shape index (κ3) is 5.33. The van der Waals surface area contributed by atoms with Gasteiger partial charge >= 0.3 is 0 Å². The van der Waals surface area contributed by atoms with E-state index in [1.165, 1.54) is 0 Å². The van der Waals surface area contributed by atoms with E-state index in [9.17, 15) is 0 Å². The summed E-state index contributed by atoms with van der Waals surface area (Å²) in [5.74, 6) is 2.19. The van der Waals surface area contributed by atoms with Crippen molar-refractivity contribution in [2.45, 2.75) is 19.8 Å². The highest BCUT2D eigenvalue weighted by Crippen LogP contribution is 2.23. The van der Waals surface area contributed by atoms with Gasteiger partial charge in [0.2, 0.25) is 0 Å². The van der Waals surface area contributed by atoms with Crippen LogP contribution in [0.25, 0.3) is 0 Å². The van der Waals surface area contributed by atoms with E-state index in [1.807, 2.05) is 37.3 Å². The lowest BCUT2D eigenvalue weighted by atomic mass is 9.99. The highest BCUT2D eigenvalue weighted by Gasteiger charge is 2.21. The molecule has 0 amide bonds. The van der Waals surface area contributed by atoms with Gasteiger partial charge in [0, 0.05) is 19.0 Å². The fourth-order valence-electron chi connectivity index (χ4n) is 2.92. The van der Waals surface area contributed by atoms with Gasteiger partial charge in [-0.05, 0) is 61.7 Å². The van der Waals surface area contributed by atoms with Gasteiger partial charge in [-0.25, -0.2) is 0 Å². The molecule has 7 heteroatoms. The number of hydrogen-bond acceptors (Lipinski definition) is 6. The Morgan fingerprint density at radius 2 is 2.08 bits per heavy atom. The van der Waals surface area contributed by atoms with Crippen LogP contribution in [0.15, 0.2) is 41.6 Å². The maximum Gasteiger partial charge on any atom is 0.151 e. The van der Waals surface area contributed by atoms with Crippen LogP contribution < -0.4 is 9.64 Å². The number of benzene rings is 1. The Morgan fingerprint density at radius 1 is 1.23 bits per heavy atom. The monoisotopic (exact) mass is 374 g/mol. The Hall–Kier alpha value is -2.34. The Morgan fingerprint density at radius 3 is 2.81 bits per heavy atom. The summed E-state index contributed by atoms with van der Waals surface area (Å²) in [7, 11) is 0. The molecule has 3 rings (SSSR count). The molecular formula is C19H23ClN4O2. The second kappa shape index (κ2) is 9.38. The molecule has 1 aliphatic rings. The molecule has 26 heavy (non-hydrogen) atoms. The SMILES string of the molecule is CCON=Cc1ccc(OCC2CCCN(c3ccc(Cl)nn3)C2)cc1. The van der Waals surface area contributed by atoms with E-state index in [1.54, 1.807) is 12.3 Å². The molecule has 6 nitrogen and oxygen atoms in total. The molecule has 1 aliphatic heterocycles. The highest BCUT2D eigenvalue weighted by atomic mass is 35.5. The van der Waals surface area contributed by atoms with Crippen LogP contribution in [-0.4, -0.2) is 42.7 Å². The topological polar surface area (TPSA) is 59.8 Å². The number of halogens is 1. The zero-order chi connectivity index (χ0) is 18.2. The van der Waals surface area contributed by atoms with Gasteiger partial charge in [0.15, 0.2) is 11.0 Å². The van der Waals surface area contributed by atoms with Crippen LogP contribution in [0, 0.1) is 5.92 Å². The van der Waals surface area contributed by atoms with Gasteiger partial charge in [0.05, 0.1) is 12.8 Å². The summed E-state index contributed by atoms with van der Waals surface area (Å²) >= 11 is 5.82. The molecule has 1 unspecified atom stereocenters. The number of oxime groups is 1. The van der Waals surface area contributed by atoms with Crippen molar-refractivity contribution in [3.63, 3.8) is 0 Å². The van der Waals surface area contributed by atoms with Crippen LogP contribution in [-0.2, 0) is 4.84 Å². The minimum Gasteiger partial charge on any atom is -0.493 e. The van der Waals surface area contributed by atoms with Crippen molar-refractivity contribution < 1.29 is 9.57 Å². The van der Waals surface area contributed by atoms with E-state index in [2.05, 4.69) is 20.3 Å². The summed E-state index contributed by atoms with van der Waals surface area (Å²) in [6.07, 6.45) is 3.96. The van der Waals surface area contributed by atoms with E-state index >= 15 is 0 Å². The van der Waals surface area contributed by atoms with Gasteiger partial charge in [-0.15, -0.1) is 10.2 Å². The molecule has 0 N–H and O–H groups in total. The predicted octanol–water partition coefficient (Wildman–Crippen LogP) is 3.80. The summed E-state index contributed by atoms with van der Waals surface area (Å²) in [5, 5.41) is 12.4. The van der Waals surface area contributed by atoms with Crippen molar-refractivity contribution in [2.75, 3.05) is 31.2 Å². The smallest absolute Gasteiger partial charge is 0.151 e. The minimum atomic E-state index is 0.417. The first-order chi connectivity index (χ1) is 12.7. The molecule has 0 saturated carbocycles. The number of piperidine rings is 1. The van der Waals surface area contributed by atoms with E-state index in [-0.39, 0.29) is 0 Å². The second-order valence-electron chi connectivity index (χ2n) is 6.20. The second-order valence-corrected chi connectivity index (χ2v) is 6.59. The normalized spacial score (nSPS) is 17.5. The van der Waals surface area contributed by atoms with Gasteiger partial charge in [-0.1, -0.05) is 16.8 Å². The molecule has 1 saturated heterocycles. The molecule has 0 radical (unpaired) electrons. The van der Waals surface area contributed by atoms with Crippen LogP contribution >= 0.6 is 11.6 Å². The first kappa shape index (κ1) is 18.5. The third-order valence-electron chi connectivity index (χ3n) is 4.23. The molecule has 138 valence electrons. The minimum absolute atomic E-state index is 0.417. The van der Waals surface area contributed by atoms with Crippen molar-refractivity contribution >= 4 is 23.6 Å². The number of aromatic nitrogens is 2. The fraction of sp³-hybridized carbons (Fsp3) is 0.421. The summed E-state index contributed by atoms with van der Waals surface area (Å²) < 4.78 is 5.97. The molecule has 1 aromatic heterocycles. The number of nitrogens with zero attached hydrogens (tertiary/aromatic N) is 4. The van der Waals surface area contributed by atoms with Crippen LogP contribution in [0.1, 0.15) is 25.3 Å². The highest BCUT2D eigenvalue weighted by molar-refractivity contribution is 6.29. The number of rotatable bonds is 7. The van der Waals surface area contributed by atoms with Crippen molar-refractivity contribution in [3.8, 4) is 5.75 Å². The Balaban J connectivity index is 1.50. The molecule has 2 aromatic rings. The van der Waals surface area contributed by atoms with Crippen molar-refractivity contribution in [1.82, 2.24) is 10.2 Å². The van der Waals surface area contributed by atoms with E-state index in [0.29, 0.717) is 24.3 Å². The zero-order valence-electron chi connectivity index (χ0n) is 14.8. The third-order valence-corrected chi connectivity index (χ3v) is 4.43. The molecule has 1 aromatic carbocycles. The van der Waals surface area contributed by atoms with Gasteiger partial charge in [0.25, 0.3) is 0 Å². The first-order valence-corrected chi connectivity index (χ1v) is 9.25. The van der Waals surface area contributed by atoms with Gasteiger partial charge in [-0.2, -0.15) is 0 Å². The molecule has 1 fully saturated rings. The lowest BCUT2D eigenvalue weighted by Crippen LogP contribution is -2.38. The Bertz CT molecular complexity index is 706. The van der Waals surface area contributed by atoms with Crippen LogP contribution in [0.5, 0.6) is 5.75 Å². The average molecular weight is 375 g/mol. The van der Waals surface area contributed by atoms with Crippen LogP contribution in [0.3, 0.4) is 0 Å². The van der Waals surface area contributed by atoms with Gasteiger partial charge in [0.1, 0.15) is 12.4 Å². The van der Waals surface area contributed by atoms with E-state index < -0.39 is 0 Å². The maximum atomic E-state index is 5.97. The molecule has 0 aliphatic carbocycles. The average Bonchev–Trinajstić information content (AvgIpc) is 2.68. The predicted molar refractivity (Wildman–Crippen MR) is 103 cm³/mol. The summed E-state index contributed by atoms with van der Waals surface area (Å²) in [4.78, 5) is 7.21. The molecule has 1 atom stereocenters. The summed E-state index contributed by atoms with van der Waals surface area (Å²) in [6.45, 7) is 5.05. The lowest BCUT2D eigenvalue weighted by Gasteiger charge is -2.33. The van der Waals surface area contributed by atoms with Gasteiger partial charge < -0.3 is 14.5 Å². The fourth-order valence-corrected chi connectivity index (χ4v) is 3.02. The Labute approximate surface area is 158 Å². The standard InChI is InChI=1S/C19H23ClN4O2/c1-2-26-21-12-15-5-7-17(8-6-15)25-14-16-4-3-11-24(13-16)19-10-9-18(20)22-23-19/h5-10,12,16H,2-4,11,13-14H2,1H3. The molecular weight excluding hydrogens is 352 g/mol. The van der Waals surface area contributed by atoms with Crippen molar-refractivity contribution in [1.29, 1.82) is 0 Å². The maximum absolute atomic E-state index is 5.97. The molecule has 0 bridgehead atoms. The quantitative estimate of drug-likeness (QED) is 0.545. The summed E-state index contributed by atoms with van der Waals surface area (Å²) in [6, 6.07) is 11.5. The van der Waals surface area contributed by atoms with Crippen LogP contribution in [0.4, 0.5) is 5.82 Å². The Kier molecular flexibility index (Phi) is 6.66. The number of anilines is 1. The van der Waals surface area contributed by atoms with Gasteiger partial charge in [-0.3, -0.25) is 0 Å². The first-order valence-electron chi connectivity index (χ1n) is 8.87.